The highest BCUT2D eigenvalue weighted by atomic mass is 14.9. The molecule has 5 aromatic rings. The van der Waals surface area contributed by atoms with E-state index in [1.54, 1.807) is 0 Å². The molecule has 0 aliphatic carbocycles. The van der Waals surface area contributed by atoms with Gasteiger partial charge in [-0.25, -0.2) is 0 Å². The third-order valence-corrected chi connectivity index (χ3v) is 6.05. The van der Waals surface area contributed by atoms with Crippen LogP contribution < -0.4 is 5.32 Å². The van der Waals surface area contributed by atoms with Gasteiger partial charge in [-0.1, -0.05) is 97.4 Å². The fourth-order valence-electron chi connectivity index (χ4n) is 4.45. The van der Waals surface area contributed by atoms with Crippen molar-refractivity contribution in [3.8, 4) is 11.1 Å². The molecule has 1 fully saturated rings. The van der Waals surface area contributed by atoms with Gasteiger partial charge in [0.25, 0.3) is 0 Å². The van der Waals surface area contributed by atoms with Crippen LogP contribution in [0.5, 0.6) is 0 Å². The van der Waals surface area contributed by atoms with Crippen molar-refractivity contribution >= 4 is 32.3 Å². The minimum atomic E-state index is 1.25. The number of piperidine rings is 1. The number of hydrogen-bond donors (Lipinski definition) is 1. The number of benzene rings is 5. The minimum absolute atomic E-state index is 1.25. The largest absolute Gasteiger partial charge is 0.317 e. The summed E-state index contributed by atoms with van der Waals surface area (Å²) in [6.07, 6.45) is 4.22. The van der Waals surface area contributed by atoms with Crippen LogP contribution in [-0.4, -0.2) is 13.1 Å². The van der Waals surface area contributed by atoms with Crippen LogP contribution in [0.25, 0.3) is 43.4 Å². The molecule has 6 rings (SSSR count). The third kappa shape index (κ3) is 3.81. The molecule has 1 saturated heterocycles. The molecule has 1 heterocycles. The van der Waals surface area contributed by atoms with Crippen molar-refractivity contribution < 1.29 is 0 Å². The first kappa shape index (κ1) is 18.8. The van der Waals surface area contributed by atoms with E-state index in [2.05, 4.69) is 102 Å². The van der Waals surface area contributed by atoms with Gasteiger partial charge in [-0.2, -0.15) is 0 Å². The normalized spacial score (nSPS) is 13.9. The minimum Gasteiger partial charge on any atom is -0.317 e. The van der Waals surface area contributed by atoms with Crippen molar-refractivity contribution in [2.75, 3.05) is 13.1 Å². The Balaban J connectivity index is 0.000000279. The zero-order valence-corrected chi connectivity index (χ0v) is 17.3. The number of rotatable bonds is 1. The smallest absolute Gasteiger partial charge is 0.00489 e. The summed E-state index contributed by atoms with van der Waals surface area (Å²) in [5.74, 6) is 0. The van der Waals surface area contributed by atoms with Crippen molar-refractivity contribution in [3.05, 3.63) is 97.1 Å². The third-order valence-electron chi connectivity index (χ3n) is 6.05. The van der Waals surface area contributed by atoms with E-state index in [1.807, 2.05) is 0 Å². The number of nitrogens with one attached hydrogen (secondary N) is 1. The predicted octanol–water partition coefficient (Wildman–Crippen LogP) is 7.57. The topological polar surface area (TPSA) is 12.0 Å². The maximum atomic E-state index is 3.28. The van der Waals surface area contributed by atoms with Crippen molar-refractivity contribution in [1.29, 1.82) is 0 Å². The molecule has 1 heteroatoms. The first-order valence-electron chi connectivity index (χ1n) is 11.0. The second kappa shape index (κ2) is 8.69. The molecule has 0 bridgehead atoms. The standard InChI is InChI=1S/C24H16.C5H11N/c1-3-9-21-17(6-1)8-5-11-23(21)20-15-14-19-13-12-18-7-2-4-10-22(18)24(19)16-20;1-2-4-6-5-3-1/h1-16H;6H,1-5H2. The molecule has 0 saturated carbocycles. The van der Waals surface area contributed by atoms with Gasteiger partial charge in [0, 0.05) is 0 Å². The van der Waals surface area contributed by atoms with Crippen LogP contribution in [0.15, 0.2) is 97.1 Å². The molecule has 0 radical (unpaired) electrons. The fraction of sp³-hybridized carbons (Fsp3) is 0.172. The van der Waals surface area contributed by atoms with Crippen LogP contribution >= 0.6 is 0 Å². The van der Waals surface area contributed by atoms with E-state index in [4.69, 9.17) is 0 Å². The second-order valence-corrected chi connectivity index (χ2v) is 8.06. The zero-order valence-electron chi connectivity index (χ0n) is 17.3. The Morgan fingerprint density at radius 2 is 1.07 bits per heavy atom. The van der Waals surface area contributed by atoms with Gasteiger partial charge < -0.3 is 5.32 Å². The van der Waals surface area contributed by atoms with Gasteiger partial charge in [0.15, 0.2) is 0 Å². The van der Waals surface area contributed by atoms with Gasteiger partial charge in [-0.05, 0) is 75.4 Å². The van der Waals surface area contributed by atoms with Crippen molar-refractivity contribution in [2.24, 2.45) is 0 Å². The lowest BCUT2D eigenvalue weighted by Crippen LogP contribution is -2.21. The van der Waals surface area contributed by atoms with Crippen LogP contribution in [-0.2, 0) is 0 Å². The molecular formula is C29H27N. The lowest BCUT2D eigenvalue weighted by molar-refractivity contribution is 0.520. The van der Waals surface area contributed by atoms with E-state index in [9.17, 15) is 0 Å². The maximum Gasteiger partial charge on any atom is -0.00489 e. The van der Waals surface area contributed by atoms with Crippen molar-refractivity contribution in [3.63, 3.8) is 0 Å². The van der Waals surface area contributed by atoms with E-state index < -0.39 is 0 Å². The highest BCUT2D eigenvalue weighted by molar-refractivity contribution is 6.09. The molecule has 0 unspecified atom stereocenters. The van der Waals surface area contributed by atoms with Gasteiger partial charge in [-0.3, -0.25) is 0 Å². The SMILES string of the molecule is C1CCNCC1.c1ccc2c(-c3ccc4ccc5ccccc5c4c3)cccc2c1. The Morgan fingerprint density at radius 1 is 0.467 bits per heavy atom. The van der Waals surface area contributed by atoms with E-state index in [-0.39, 0.29) is 0 Å². The van der Waals surface area contributed by atoms with E-state index >= 15 is 0 Å². The van der Waals surface area contributed by atoms with Gasteiger partial charge in [0.1, 0.15) is 0 Å². The quantitative estimate of drug-likeness (QED) is 0.291. The van der Waals surface area contributed by atoms with Crippen molar-refractivity contribution in [1.82, 2.24) is 5.32 Å². The lowest BCUT2D eigenvalue weighted by atomic mass is 9.94. The monoisotopic (exact) mass is 389 g/mol. The Kier molecular flexibility index (Phi) is 5.46. The Labute approximate surface area is 178 Å². The summed E-state index contributed by atoms with van der Waals surface area (Å²) in [6.45, 7) is 2.50. The van der Waals surface area contributed by atoms with Crippen LogP contribution in [0.2, 0.25) is 0 Å². The Morgan fingerprint density at radius 3 is 1.77 bits per heavy atom. The van der Waals surface area contributed by atoms with E-state index in [1.165, 1.54) is 75.8 Å². The molecule has 1 aliphatic heterocycles. The highest BCUT2D eigenvalue weighted by Gasteiger charge is 2.06. The van der Waals surface area contributed by atoms with Gasteiger partial charge in [0.05, 0.1) is 0 Å². The van der Waals surface area contributed by atoms with Gasteiger partial charge in [0.2, 0.25) is 0 Å². The molecule has 1 aliphatic rings. The van der Waals surface area contributed by atoms with Gasteiger partial charge in [-0.15, -0.1) is 0 Å². The summed E-state index contributed by atoms with van der Waals surface area (Å²) >= 11 is 0. The average molecular weight is 390 g/mol. The average Bonchev–Trinajstić information content (AvgIpc) is 2.85. The molecule has 1 nitrogen and oxygen atoms in total. The summed E-state index contributed by atoms with van der Waals surface area (Å²) < 4.78 is 0. The molecule has 1 N–H and O–H groups in total. The highest BCUT2D eigenvalue weighted by Crippen LogP contribution is 2.33. The van der Waals surface area contributed by atoms with Crippen LogP contribution in [0.4, 0.5) is 0 Å². The molecule has 148 valence electrons. The van der Waals surface area contributed by atoms with Crippen LogP contribution in [0.3, 0.4) is 0 Å². The summed E-state index contributed by atoms with van der Waals surface area (Å²) in [7, 11) is 0. The second-order valence-electron chi connectivity index (χ2n) is 8.06. The first-order valence-corrected chi connectivity index (χ1v) is 11.0. The summed E-state index contributed by atoms with van der Waals surface area (Å²) in [6, 6.07) is 35.0. The number of hydrogen-bond acceptors (Lipinski definition) is 1. The fourth-order valence-corrected chi connectivity index (χ4v) is 4.45. The summed E-state index contributed by atoms with van der Waals surface area (Å²) in [5, 5.41) is 11.1. The molecule has 0 spiro atoms. The molecule has 30 heavy (non-hydrogen) atoms. The van der Waals surface area contributed by atoms with Crippen LogP contribution in [0, 0.1) is 0 Å². The predicted molar refractivity (Wildman–Crippen MR) is 131 cm³/mol. The van der Waals surface area contributed by atoms with E-state index in [0.717, 1.165) is 0 Å². The van der Waals surface area contributed by atoms with E-state index in [0.29, 0.717) is 0 Å². The first-order chi connectivity index (χ1) is 14.9. The molecular weight excluding hydrogens is 362 g/mol. The maximum absolute atomic E-state index is 3.28. The number of fused-ring (bicyclic) bond motifs is 4. The Bertz CT molecular complexity index is 1280. The molecule has 0 atom stereocenters. The Hall–Kier alpha value is -3.16. The van der Waals surface area contributed by atoms with Crippen LogP contribution in [0.1, 0.15) is 19.3 Å². The molecule has 5 aromatic carbocycles. The molecule has 0 amide bonds. The summed E-state index contributed by atoms with van der Waals surface area (Å²) in [4.78, 5) is 0. The summed E-state index contributed by atoms with van der Waals surface area (Å²) in [5.41, 5.74) is 2.57. The molecule has 0 aromatic heterocycles. The lowest BCUT2D eigenvalue weighted by Gasteiger charge is -2.10. The zero-order chi connectivity index (χ0) is 20.2. The van der Waals surface area contributed by atoms with Gasteiger partial charge >= 0.3 is 0 Å². The van der Waals surface area contributed by atoms with Crippen molar-refractivity contribution in [2.45, 2.75) is 19.3 Å².